The van der Waals surface area contributed by atoms with E-state index < -0.39 is 0 Å². The van der Waals surface area contributed by atoms with Crippen molar-refractivity contribution in [1.82, 2.24) is 15.0 Å². The molecule has 3 aromatic rings. The number of rotatable bonds is 3. The summed E-state index contributed by atoms with van der Waals surface area (Å²) in [6.45, 7) is 5.76. The predicted molar refractivity (Wildman–Crippen MR) is 139 cm³/mol. The Morgan fingerprint density at radius 1 is 1.06 bits per heavy atom. The lowest BCUT2D eigenvalue weighted by atomic mass is 10.1. The molecule has 5 rings (SSSR count). The largest absolute Gasteiger partial charge is 0.361 e. The Bertz CT molecular complexity index is 1240. The van der Waals surface area contributed by atoms with Gasteiger partial charge in [-0.3, -0.25) is 14.5 Å². The van der Waals surface area contributed by atoms with Gasteiger partial charge in [0.05, 0.1) is 0 Å². The van der Waals surface area contributed by atoms with Crippen molar-refractivity contribution in [3.63, 3.8) is 0 Å². The molecular weight excluding hydrogens is 476 g/mol. The van der Waals surface area contributed by atoms with Gasteiger partial charge in [-0.2, -0.15) is 0 Å². The molecule has 0 spiro atoms. The van der Waals surface area contributed by atoms with Crippen LogP contribution < -0.4 is 4.90 Å². The highest BCUT2D eigenvalue weighted by Gasteiger charge is 2.37. The van der Waals surface area contributed by atoms with Crippen LogP contribution in [0.5, 0.6) is 0 Å². The Balaban J connectivity index is 1.52. The fourth-order valence-electron chi connectivity index (χ4n) is 5.52. The number of benzene rings is 2. The minimum atomic E-state index is -0.162. The Kier molecular flexibility index (Phi) is 7.12. The van der Waals surface area contributed by atoms with Crippen LogP contribution in [0.15, 0.2) is 59.1 Å². The van der Waals surface area contributed by atoms with Crippen molar-refractivity contribution in [1.29, 1.82) is 0 Å². The van der Waals surface area contributed by atoms with Gasteiger partial charge in [-0.25, -0.2) is 0 Å². The molecule has 0 radical (unpaired) electrons. The van der Waals surface area contributed by atoms with Crippen molar-refractivity contribution < 1.29 is 14.1 Å². The lowest BCUT2D eigenvalue weighted by Gasteiger charge is -2.33. The standard InChI is InChI=1S/C28H31ClN4O3/c1-19-15-26(30-36-19)28(35)31-17-22-5-3-4-6-27(22)32(20(2)34)14-13-24-11-12-25(18-31)33(24)16-21-7-9-23(29)10-8-21/h3-10,15,24-25H,11-14,16-18H2,1-2H3/t24-,25+/m1/s1. The van der Waals surface area contributed by atoms with E-state index in [1.807, 2.05) is 46.2 Å². The zero-order valence-corrected chi connectivity index (χ0v) is 21.4. The number of carbonyl (C=O) groups is 2. The quantitative estimate of drug-likeness (QED) is 0.496. The van der Waals surface area contributed by atoms with E-state index in [1.165, 1.54) is 5.56 Å². The highest BCUT2D eigenvalue weighted by molar-refractivity contribution is 6.30. The Morgan fingerprint density at radius 3 is 2.53 bits per heavy atom. The third-order valence-electron chi connectivity index (χ3n) is 7.32. The first-order chi connectivity index (χ1) is 17.4. The van der Waals surface area contributed by atoms with Gasteiger partial charge in [-0.1, -0.05) is 47.1 Å². The third kappa shape index (κ3) is 5.18. The molecule has 0 N–H and O–H groups in total. The zero-order chi connectivity index (χ0) is 25.2. The van der Waals surface area contributed by atoms with E-state index in [0.29, 0.717) is 42.2 Å². The van der Waals surface area contributed by atoms with Crippen LogP contribution in [-0.4, -0.2) is 51.9 Å². The number of carbonyl (C=O) groups excluding carboxylic acids is 2. The monoisotopic (exact) mass is 506 g/mol. The summed E-state index contributed by atoms with van der Waals surface area (Å²) < 4.78 is 5.21. The van der Waals surface area contributed by atoms with E-state index in [-0.39, 0.29) is 17.9 Å². The molecule has 2 aliphatic rings. The second-order valence-electron chi connectivity index (χ2n) is 9.78. The summed E-state index contributed by atoms with van der Waals surface area (Å²) in [6.07, 6.45) is 2.88. The first kappa shape index (κ1) is 24.5. The zero-order valence-electron chi connectivity index (χ0n) is 20.7. The molecule has 2 aromatic carbocycles. The molecule has 2 aliphatic heterocycles. The number of para-hydroxylation sites is 1. The summed E-state index contributed by atoms with van der Waals surface area (Å²) >= 11 is 6.12. The summed E-state index contributed by atoms with van der Waals surface area (Å²) in [4.78, 5) is 32.6. The van der Waals surface area contributed by atoms with Crippen molar-refractivity contribution in [3.8, 4) is 0 Å². The fourth-order valence-corrected chi connectivity index (χ4v) is 5.65. The van der Waals surface area contributed by atoms with Crippen LogP contribution in [0, 0.1) is 6.92 Å². The van der Waals surface area contributed by atoms with Gasteiger partial charge in [0.15, 0.2) is 5.69 Å². The molecule has 0 saturated carbocycles. The number of halogens is 1. The molecule has 0 unspecified atom stereocenters. The highest BCUT2D eigenvalue weighted by atomic mass is 35.5. The van der Waals surface area contributed by atoms with Crippen LogP contribution in [0.4, 0.5) is 5.69 Å². The topological polar surface area (TPSA) is 69.9 Å². The van der Waals surface area contributed by atoms with Crippen LogP contribution in [0.25, 0.3) is 0 Å². The lowest BCUT2D eigenvalue weighted by Crippen LogP contribution is -2.45. The normalized spacial score (nSPS) is 20.6. The number of anilines is 1. The maximum Gasteiger partial charge on any atom is 0.276 e. The van der Waals surface area contributed by atoms with Gasteiger partial charge >= 0.3 is 0 Å². The molecule has 3 heterocycles. The SMILES string of the molecule is CC(=O)N1CC[C@H]2CC[C@@H](CN(C(=O)c3cc(C)on3)Cc3ccccc31)N2Cc1ccc(Cl)cc1. The number of hydrogen-bond donors (Lipinski definition) is 0. The smallest absolute Gasteiger partial charge is 0.276 e. The second-order valence-corrected chi connectivity index (χ2v) is 10.2. The van der Waals surface area contributed by atoms with E-state index in [1.54, 1.807) is 19.9 Å². The van der Waals surface area contributed by atoms with Gasteiger partial charge in [-0.15, -0.1) is 0 Å². The molecule has 188 valence electrons. The number of nitrogens with zero attached hydrogens (tertiary/aromatic N) is 4. The summed E-state index contributed by atoms with van der Waals surface area (Å²) in [7, 11) is 0. The van der Waals surface area contributed by atoms with E-state index in [4.69, 9.17) is 16.1 Å². The Morgan fingerprint density at radius 2 is 1.81 bits per heavy atom. The minimum absolute atomic E-state index is 0.00509. The van der Waals surface area contributed by atoms with Crippen LogP contribution in [0.2, 0.25) is 5.02 Å². The van der Waals surface area contributed by atoms with Crippen molar-refractivity contribution >= 4 is 29.1 Å². The van der Waals surface area contributed by atoms with E-state index in [0.717, 1.165) is 37.1 Å². The molecular formula is C28H31ClN4O3. The summed E-state index contributed by atoms with van der Waals surface area (Å²) in [6, 6.07) is 18.0. The number of fused-ring (bicyclic) bond motifs is 3. The Labute approximate surface area is 216 Å². The first-order valence-electron chi connectivity index (χ1n) is 12.5. The Hall–Kier alpha value is -3.16. The van der Waals surface area contributed by atoms with Gasteiger partial charge in [0.1, 0.15) is 5.76 Å². The van der Waals surface area contributed by atoms with Crippen molar-refractivity contribution in [3.05, 3.63) is 82.2 Å². The van der Waals surface area contributed by atoms with Crippen molar-refractivity contribution in [2.75, 3.05) is 18.0 Å². The molecule has 1 aromatic heterocycles. The van der Waals surface area contributed by atoms with Gasteiger partial charge in [0.25, 0.3) is 5.91 Å². The molecule has 1 saturated heterocycles. The number of aromatic nitrogens is 1. The molecule has 1 fully saturated rings. The molecule has 2 atom stereocenters. The second kappa shape index (κ2) is 10.4. The summed E-state index contributed by atoms with van der Waals surface area (Å²) in [5.74, 6) is 0.445. The molecule has 7 nitrogen and oxygen atoms in total. The third-order valence-corrected chi connectivity index (χ3v) is 7.58. The average Bonchev–Trinajstić information content (AvgIpc) is 3.45. The van der Waals surface area contributed by atoms with Crippen LogP contribution in [-0.2, 0) is 17.9 Å². The molecule has 2 amide bonds. The maximum absolute atomic E-state index is 13.7. The molecule has 2 bridgehead atoms. The predicted octanol–water partition coefficient (Wildman–Crippen LogP) is 5.07. The van der Waals surface area contributed by atoms with Gasteiger partial charge in [-0.05, 0) is 55.5 Å². The van der Waals surface area contributed by atoms with Crippen LogP contribution in [0.3, 0.4) is 0 Å². The maximum atomic E-state index is 13.7. The van der Waals surface area contributed by atoms with Gasteiger partial charge < -0.3 is 14.3 Å². The number of hydrogen-bond acceptors (Lipinski definition) is 5. The molecule has 36 heavy (non-hydrogen) atoms. The minimum Gasteiger partial charge on any atom is -0.361 e. The van der Waals surface area contributed by atoms with Crippen molar-refractivity contribution in [2.24, 2.45) is 0 Å². The highest BCUT2D eigenvalue weighted by Crippen LogP contribution is 2.33. The number of amides is 2. The number of aryl methyl sites for hydroxylation is 1. The van der Waals surface area contributed by atoms with Gasteiger partial charge in [0, 0.05) is 62.0 Å². The fraction of sp³-hybridized carbons (Fsp3) is 0.393. The van der Waals surface area contributed by atoms with Gasteiger partial charge in [0.2, 0.25) is 5.91 Å². The van der Waals surface area contributed by atoms with E-state index in [2.05, 4.69) is 22.2 Å². The average molecular weight is 507 g/mol. The van der Waals surface area contributed by atoms with Crippen LogP contribution >= 0.6 is 11.6 Å². The van der Waals surface area contributed by atoms with E-state index in [9.17, 15) is 9.59 Å². The molecule has 0 aliphatic carbocycles. The summed E-state index contributed by atoms with van der Waals surface area (Å²) in [5, 5.41) is 4.72. The summed E-state index contributed by atoms with van der Waals surface area (Å²) in [5.41, 5.74) is 3.30. The first-order valence-corrected chi connectivity index (χ1v) is 12.9. The van der Waals surface area contributed by atoms with Crippen molar-refractivity contribution in [2.45, 2.75) is 58.3 Å². The van der Waals surface area contributed by atoms with E-state index >= 15 is 0 Å². The molecule has 8 heteroatoms. The lowest BCUT2D eigenvalue weighted by molar-refractivity contribution is -0.116. The van der Waals surface area contributed by atoms with Crippen LogP contribution in [0.1, 0.15) is 53.6 Å².